The molecule has 1 heterocycles. The Kier molecular flexibility index (Phi) is 5.51. The van der Waals surface area contributed by atoms with E-state index in [9.17, 15) is 9.59 Å². The van der Waals surface area contributed by atoms with E-state index in [1.54, 1.807) is 36.5 Å². The molecule has 7 nitrogen and oxygen atoms in total. The summed E-state index contributed by atoms with van der Waals surface area (Å²) in [5.74, 6) is 0.0693. The van der Waals surface area contributed by atoms with Crippen molar-refractivity contribution in [3.8, 4) is 11.5 Å². The molecule has 0 saturated carbocycles. The second-order valence-electron chi connectivity index (χ2n) is 4.45. The van der Waals surface area contributed by atoms with Crippen molar-refractivity contribution in [1.82, 2.24) is 15.8 Å². The molecular weight excluding hydrogens is 298 g/mol. The predicted molar refractivity (Wildman–Crippen MR) is 83.3 cm³/mol. The largest absolute Gasteiger partial charge is 0.493 e. The average Bonchev–Trinajstić information content (AvgIpc) is 2.60. The number of hydrogen-bond donors (Lipinski definition) is 2. The van der Waals surface area contributed by atoms with Gasteiger partial charge in [-0.25, -0.2) is 0 Å². The predicted octanol–water partition coefficient (Wildman–Crippen LogP) is 1.56. The van der Waals surface area contributed by atoms with Crippen LogP contribution in [0.3, 0.4) is 0 Å². The van der Waals surface area contributed by atoms with Crippen molar-refractivity contribution in [2.45, 2.75) is 6.92 Å². The number of amides is 2. The molecule has 2 N–H and O–H groups in total. The summed E-state index contributed by atoms with van der Waals surface area (Å²) in [6, 6.07) is 7.98. The molecule has 2 rings (SSSR count). The number of ether oxygens (including phenoxy) is 2. The topological polar surface area (TPSA) is 89.6 Å². The minimum absolute atomic E-state index is 0.334. The van der Waals surface area contributed by atoms with Crippen molar-refractivity contribution in [2.24, 2.45) is 0 Å². The van der Waals surface area contributed by atoms with Crippen LogP contribution < -0.4 is 20.3 Å². The van der Waals surface area contributed by atoms with Gasteiger partial charge in [-0.2, -0.15) is 0 Å². The Bertz CT molecular complexity index is 689. The number of aromatic nitrogens is 1. The number of carbonyl (C=O) groups is 2. The van der Waals surface area contributed by atoms with Crippen molar-refractivity contribution in [3.05, 3.63) is 53.9 Å². The minimum atomic E-state index is -0.467. The zero-order chi connectivity index (χ0) is 16.7. The molecule has 0 saturated heterocycles. The van der Waals surface area contributed by atoms with Gasteiger partial charge in [0, 0.05) is 18.0 Å². The van der Waals surface area contributed by atoms with Gasteiger partial charge in [0.15, 0.2) is 11.5 Å². The van der Waals surface area contributed by atoms with E-state index < -0.39 is 11.8 Å². The van der Waals surface area contributed by atoms with Crippen molar-refractivity contribution in [3.63, 3.8) is 0 Å². The first-order valence-corrected chi connectivity index (χ1v) is 6.97. The lowest BCUT2D eigenvalue weighted by atomic mass is 10.2. The molecule has 0 atom stereocenters. The first-order valence-electron chi connectivity index (χ1n) is 6.97. The number of nitrogens with one attached hydrogen (secondary N) is 2. The molecule has 0 aliphatic rings. The van der Waals surface area contributed by atoms with Gasteiger partial charge >= 0.3 is 0 Å². The van der Waals surface area contributed by atoms with Gasteiger partial charge in [-0.15, -0.1) is 0 Å². The monoisotopic (exact) mass is 315 g/mol. The van der Waals surface area contributed by atoms with Crippen molar-refractivity contribution in [1.29, 1.82) is 0 Å². The Morgan fingerprint density at radius 2 is 1.83 bits per heavy atom. The molecule has 0 spiro atoms. The number of nitrogens with zero attached hydrogens (tertiary/aromatic N) is 1. The molecule has 7 heteroatoms. The molecule has 0 aliphatic carbocycles. The summed E-state index contributed by atoms with van der Waals surface area (Å²) < 4.78 is 10.6. The van der Waals surface area contributed by atoms with E-state index in [0.717, 1.165) is 0 Å². The highest BCUT2D eigenvalue weighted by Gasteiger charge is 2.12. The van der Waals surface area contributed by atoms with Gasteiger partial charge in [0.2, 0.25) is 0 Å². The third-order valence-corrected chi connectivity index (χ3v) is 2.94. The maximum absolute atomic E-state index is 12.1. The molecule has 0 fully saturated rings. The van der Waals surface area contributed by atoms with E-state index in [1.165, 1.54) is 13.3 Å². The Morgan fingerprint density at radius 3 is 2.43 bits per heavy atom. The maximum Gasteiger partial charge on any atom is 0.271 e. The summed E-state index contributed by atoms with van der Waals surface area (Å²) in [7, 11) is 1.52. The first kappa shape index (κ1) is 16.3. The van der Waals surface area contributed by atoms with Crippen LogP contribution in [0.4, 0.5) is 0 Å². The van der Waals surface area contributed by atoms with Crippen LogP contribution in [-0.2, 0) is 0 Å². The van der Waals surface area contributed by atoms with Gasteiger partial charge in [0.1, 0.15) is 0 Å². The summed E-state index contributed by atoms with van der Waals surface area (Å²) >= 11 is 0. The van der Waals surface area contributed by atoms with Crippen LogP contribution in [0.25, 0.3) is 0 Å². The number of hydrazine groups is 1. The maximum atomic E-state index is 12.1. The van der Waals surface area contributed by atoms with Gasteiger partial charge < -0.3 is 9.47 Å². The third-order valence-electron chi connectivity index (χ3n) is 2.94. The van der Waals surface area contributed by atoms with E-state index in [0.29, 0.717) is 29.2 Å². The van der Waals surface area contributed by atoms with Crippen molar-refractivity contribution in [2.75, 3.05) is 13.7 Å². The lowest BCUT2D eigenvalue weighted by molar-refractivity contribution is 0.0846. The van der Waals surface area contributed by atoms with E-state index in [1.807, 2.05) is 6.92 Å². The Hall–Kier alpha value is -3.09. The van der Waals surface area contributed by atoms with Gasteiger partial charge in [0.05, 0.1) is 19.3 Å². The Labute approximate surface area is 133 Å². The summed E-state index contributed by atoms with van der Waals surface area (Å²) in [6.45, 7) is 2.28. The zero-order valence-corrected chi connectivity index (χ0v) is 12.8. The van der Waals surface area contributed by atoms with Crippen LogP contribution in [0.15, 0.2) is 42.7 Å². The molecule has 0 radical (unpaired) electrons. The van der Waals surface area contributed by atoms with Crippen LogP contribution in [0.2, 0.25) is 0 Å². The average molecular weight is 315 g/mol. The molecule has 0 bridgehead atoms. The number of benzene rings is 1. The molecule has 0 aliphatic heterocycles. The normalized spacial score (nSPS) is 9.83. The fraction of sp³-hybridized carbons (Fsp3) is 0.188. The fourth-order valence-electron chi connectivity index (χ4n) is 1.84. The van der Waals surface area contributed by atoms with Crippen LogP contribution in [0.5, 0.6) is 11.5 Å². The van der Waals surface area contributed by atoms with Gasteiger partial charge in [-0.05, 0) is 37.3 Å². The molecule has 120 valence electrons. The number of methoxy groups -OCH3 is 1. The van der Waals surface area contributed by atoms with Crippen molar-refractivity contribution < 1.29 is 19.1 Å². The lowest BCUT2D eigenvalue weighted by Crippen LogP contribution is -2.41. The smallest absolute Gasteiger partial charge is 0.271 e. The van der Waals surface area contributed by atoms with Crippen LogP contribution >= 0.6 is 0 Å². The molecule has 1 aromatic heterocycles. The standard InChI is InChI=1S/C16H17N3O4/c1-3-23-14-9-11(6-7-13(14)22-2)15(20)18-19-16(21)12-5-4-8-17-10-12/h4-10H,3H2,1-2H3,(H,18,20)(H,19,21). The summed E-state index contributed by atoms with van der Waals surface area (Å²) in [5, 5.41) is 0. The summed E-state index contributed by atoms with van der Waals surface area (Å²) in [4.78, 5) is 27.8. The number of pyridine rings is 1. The van der Waals surface area contributed by atoms with Crippen LogP contribution in [-0.4, -0.2) is 30.5 Å². The van der Waals surface area contributed by atoms with Crippen LogP contribution in [0.1, 0.15) is 27.6 Å². The van der Waals surface area contributed by atoms with Gasteiger partial charge in [0.25, 0.3) is 11.8 Å². The van der Waals surface area contributed by atoms with Gasteiger partial charge in [-0.1, -0.05) is 0 Å². The second kappa shape index (κ2) is 7.79. The summed E-state index contributed by atoms with van der Waals surface area (Å²) in [5.41, 5.74) is 5.35. The highest BCUT2D eigenvalue weighted by atomic mass is 16.5. The van der Waals surface area contributed by atoms with E-state index in [-0.39, 0.29) is 0 Å². The number of carbonyl (C=O) groups excluding carboxylic acids is 2. The SMILES string of the molecule is CCOc1cc(C(=O)NNC(=O)c2cccnc2)ccc1OC. The zero-order valence-electron chi connectivity index (χ0n) is 12.8. The molecule has 2 amide bonds. The Balaban J connectivity index is 2.03. The second-order valence-corrected chi connectivity index (χ2v) is 4.45. The lowest BCUT2D eigenvalue weighted by Gasteiger charge is -2.11. The highest BCUT2D eigenvalue weighted by Crippen LogP contribution is 2.27. The number of hydrogen-bond acceptors (Lipinski definition) is 5. The molecular formula is C16H17N3O4. The van der Waals surface area contributed by atoms with Crippen molar-refractivity contribution >= 4 is 11.8 Å². The molecule has 2 aromatic rings. The Morgan fingerprint density at radius 1 is 1.09 bits per heavy atom. The minimum Gasteiger partial charge on any atom is -0.493 e. The van der Waals surface area contributed by atoms with E-state index >= 15 is 0 Å². The van der Waals surface area contributed by atoms with E-state index in [2.05, 4.69) is 15.8 Å². The fourth-order valence-corrected chi connectivity index (χ4v) is 1.84. The quantitative estimate of drug-likeness (QED) is 0.817. The molecule has 0 unspecified atom stereocenters. The highest BCUT2D eigenvalue weighted by molar-refractivity contribution is 5.99. The third kappa shape index (κ3) is 4.19. The van der Waals surface area contributed by atoms with E-state index in [4.69, 9.17) is 9.47 Å². The van der Waals surface area contributed by atoms with Gasteiger partial charge in [-0.3, -0.25) is 25.4 Å². The van der Waals surface area contributed by atoms with Crippen LogP contribution in [0, 0.1) is 0 Å². The number of rotatable bonds is 5. The molecule has 23 heavy (non-hydrogen) atoms. The molecule has 1 aromatic carbocycles. The summed E-state index contributed by atoms with van der Waals surface area (Å²) in [6.07, 6.45) is 2.96. The first-order chi connectivity index (χ1) is 11.2.